The summed E-state index contributed by atoms with van der Waals surface area (Å²) in [5.41, 5.74) is 0.854. The van der Waals surface area contributed by atoms with Gasteiger partial charge in [0.25, 0.3) is 0 Å². The Bertz CT molecular complexity index is 602. The highest BCUT2D eigenvalue weighted by molar-refractivity contribution is 9.10. The summed E-state index contributed by atoms with van der Waals surface area (Å²) in [4.78, 5) is 8.81. The minimum Gasteiger partial charge on any atom is -0.338 e. The zero-order chi connectivity index (χ0) is 14.7. The van der Waals surface area contributed by atoms with Crippen molar-refractivity contribution < 1.29 is 4.52 Å². The van der Waals surface area contributed by atoms with E-state index < -0.39 is 0 Å². The number of pyridine rings is 1. The van der Waals surface area contributed by atoms with Crippen molar-refractivity contribution >= 4 is 15.9 Å². The average Bonchev–Trinajstić information content (AvgIpc) is 2.99. The fourth-order valence-electron chi connectivity index (χ4n) is 3.04. The van der Waals surface area contributed by atoms with Crippen LogP contribution in [0.5, 0.6) is 0 Å². The second-order valence-corrected chi connectivity index (χ2v) is 6.54. The van der Waals surface area contributed by atoms with Gasteiger partial charge in [-0.15, -0.1) is 0 Å². The zero-order valence-corrected chi connectivity index (χ0v) is 13.7. The molecule has 2 aromatic rings. The van der Waals surface area contributed by atoms with Gasteiger partial charge in [0.2, 0.25) is 11.7 Å². The van der Waals surface area contributed by atoms with Gasteiger partial charge in [0.1, 0.15) is 0 Å². The summed E-state index contributed by atoms with van der Waals surface area (Å²) in [5.74, 6) is 1.37. The highest BCUT2D eigenvalue weighted by Crippen LogP contribution is 2.35. The lowest BCUT2D eigenvalue weighted by molar-refractivity contribution is 0.213. The highest BCUT2D eigenvalue weighted by atomic mass is 79.9. The van der Waals surface area contributed by atoms with Gasteiger partial charge >= 0.3 is 0 Å². The first-order chi connectivity index (χ1) is 10.2. The molecule has 0 radical (unpaired) electrons. The third-order valence-corrected chi connectivity index (χ3v) is 4.48. The monoisotopic (exact) mass is 350 g/mol. The molecule has 0 aromatic carbocycles. The molecule has 1 fully saturated rings. The van der Waals surface area contributed by atoms with E-state index in [0.717, 1.165) is 54.7 Å². The molecule has 1 aliphatic rings. The second-order valence-electron chi connectivity index (χ2n) is 5.63. The predicted octanol–water partition coefficient (Wildman–Crippen LogP) is 3.32. The Morgan fingerprint density at radius 1 is 1.43 bits per heavy atom. The SMILES string of the molecule is CCCC1(c2nc(-c3cncc(Br)c3)no2)CCCNC1. The Kier molecular flexibility index (Phi) is 4.35. The van der Waals surface area contributed by atoms with Crippen LogP contribution in [0.1, 0.15) is 38.5 Å². The number of hydrogen-bond acceptors (Lipinski definition) is 5. The molecule has 3 rings (SSSR count). The van der Waals surface area contributed by atoms with Gasteiger partial charge in [-0.05, 0) is 47.8 Å². The van der Waals surface area contributed by atoms with Gasteiger partial charge in [-0.1, -0.05) is 18.5 Å². The van der Waals surface area contributed by atoms with Crippen molar-refractivity contribution in [2.24, 2.45) is 0 Å². The molecule has 21 heavy (non-hydrogen) atoms. The van der Waals surface area contributed by atoms with E-state index in [1.54, 1.807) is 12.4 Å². The number of piperidine rings is 1. The van der Waals surface area contributed by atoms with Crippen LogP contribution in [-0.2, 0) is 5.41 Å². The van der Waals surface area contributed by atoms with Crippen LogP contribution in [0.4, 0.5) is 0 Å². The van der Waals surface area contributed by atoms with E-state index in [1.807, 2.05) is 6.07 Å². The summed E-state index contributed by atoms with van der Waals surface area (Å²) in [7, 11) is 0. The van der Waals surface area contributed by atoms with Gasteiger partial charge < -0.3 is 9.84 Å². The number of nitrogens with zero attached hydrogens (tertiary/aromatic N) is 3. The van der Waals surface area contributed by atoms with Gasteiger partial charge in [-0.2, -0.15) is 4.98 Å². The molecule has 1 saturated heterocycles. The van der Waals surface area contributed by atoms with Crippen LogP contribution in [0.15, 0.2) is 27.5 Å². The normalized spacial score (nSPS) is 22.4. The first kappa shape index (κ1) is 14.7. The lowest BCUT2D eigenvalue weighted by Crippen LogP contribution is -2.43. The molecule has 1 N–H and O–H groups in total. The molecule has 6 heteroatoms. The van der Waals surface area contributed by atoms with Crippen LogP contribution in [-0.4, -0.2) is 28.2 Å². The maximum absolute atomic E-state index is 5.61. The molecule has 0 amide bonds. The van der Waals surface area contributed by atoms with E-state index in [4.69, 9.17) is 4.52 Å². The number of hydrogen-bond donors (Lipinski definition) is 1. The van der Waals surface area contributed by atoms with Gasteiger partial charge in [-0.25, -0.2) is 0 Å². The standard InChI is InChI=1S/C15H19BrN4O/c1-2-4-15(5-3-6-17-10-15)14-19-13(20-21-14)11-7-12(16)9-18-8-11/h7-9,17H,2-6,10H2,1H3. The summed E-state index contributed by atoms with van der Waals surface area (Å²) < 4.78 is 6.52. The predicted molar refractivity (Wildman–Crippen MR) is 83.9 cm³/mol. The van der Waals surface area contributed by atoms with E-state index in [-0.39, 0.29) is 5.41 Å². The summed E-state index contributed by atoms with van der Waals surface area (Å²) in [6.07, 6.45) is 7.93. The van der Waals surface area contributed by atoms with E-state index in [2.05, 4.69) is 43.3 Å². The molecule has 5 nitrogen and oxygen atoms in total. The van der Waals surface area contributed by atoms with Gasteiger partial charge in [-0.3, -0.25) is 4.98 Å². The summed E-state index contributed by atoms with van der Waals surface area (Å²) in [6.45, 7) is 4.19. The van der Waals surface area contributed by atoms with Gasteiger partial charge in [0.15, 0.2) is 0 Å². The van der Waals surface area contributed by atoms with Crippen LogP contribution >= 0.6 is 15.9 Å². The number of halogens is 1. The number of rotatable bonds is 4. The van der Waals surface area contributed by atoms with Crippen LogP contribution < -0.4 is 5.32 Å². The molecule has 1 aliphatic heterocycles. The fraction of sp³-hybridized carbons (Fsp3) is 0.533. The van der Waals surface area contributed by atoms with Crippen LogP contribution in [0.3, 0.4) is 0 Å². The van der Waals surface area contributed by atoms with Crippen molar-refractivity contribution in [3.05, 3.63) is 28.8 Å². The van der Waals surface area contributed by atoms with E-state index in [1.165, 1.54) is 0 Å². The van der Waals surface area contributed by atoms with Crippen molar-refractivity contribution in [1.82, 2.24) is 20.4 Å². The fourth-order valence-corrected chi connectivity index (χ4v) is 3.40. The van der Waals surface area contributed by atoms with Crippen molar-refractivity contribution in [3.8, 4) is 11.4 Å². The Balaban J connectivity index is 1.92. The van der Waals surface area contributed by atoms with E-state index >= 15 is 0 Å². The molecular weight excluding hydrogens is 332 g/mol. The Labute approximate surface area is 132 Å². The topological polar surface area (TPSA) is 63.8 Å². The minimum atomic E-state index is -0.0162. The molecule has 0 saturated carbocycles. The maximum Gasteiger partial charge on any atom is 0.234 e. The molecular formula is C15H19BrN4O. The molecule has 2 aromatic heterocycles. The molecule has 3 heterocycles. The minimum absolute atomic E-state index is 0.0162. The first-order valence-electron chi connectivity index (χ1n) is 7.39. The summed E-state index contributed by atoms with van der Waals surface area (Å²) >= 11 is 3.42. The van der Waals surface area contributed by atoms with Crippen molar-refractivity contribution in [2.45, 2.75) is 38.0 Å². The lowest BCUT2D eigenvalue weighted by atomic mass is 9.77. The largest absolute Gasteiger partial charge is 0.338 e. The quantitative estimate of drug-likeness (QED) is 0.916. The van der Waals surface area contributed by atoms with E-state index in [0.29, 0.717) is 5.82 Å². The van der Waals surface area contributed by atoms with Crippen LogP contribution in [0, 0.1) is 0 Å². The second kappa shape index (κ2) is 6.23. The molecule has 0 aliphatic carbocycles. The molecule has 112 valence electrons. The molecule has 0 spiro atoms. The van der Waals surface area contributed by atoms with Crippen molar-refractivity contribution in [1.29, 1.82) is 0 Å². The third kappa shape index (κ3) is 3.01. The molecule has 0 bridgehead atoms. The summed E-state index contributed by atoms with van der Waals surface area (Å²) in [5, 5.41) is 7.62. The number of nitrogens with one attached hydrogen (secondary N) is 1. The maximum atomic E-state index is 5.61. The van der Waals surface area contributed by atoms with Gasteiger partial charge in [0.05, 0.1) is 5.41 Å². The Hall–Kier alpha value is -1.27. The van der Waals surface area contributed by atoms with Gasteiger partial charge in [0, 0.05) is 29.0 Å². The summed E-state index contributed by atoms with van der Waals surface area (Å²) in [6, 6.07) is 1.95. The smallest absolute Gasteiger partial charge is 0.234 e. The van der Waals surface area contributed by atoms with Crippen molar-refractivity contribution in [2.75, 3.05) is 13.1 Å². The average molecular weight is 351 g/mol. The highest BCUT2D eigenvalue weighted by Gasteiger charge is 2.38. The Morgan fingerprint density at radius 3 is 3.05 bits per heavy atom. The third-order valence-electron chi connectivity index (χ3n) is 4.04. The Morgan fingerprint density at radius 2 is 2.33 bits per heavy atom. The number of aromatic nitrogens is 3. The van der Waals surface area contributed by atoms with Crippen LogP contribution in [0.25, 0.3) is 11.4 Å². The van der Waals surface area contributed by atoms with Crippen LogP contribution in [0.2, 0.25) is 0 Å². The first-order valence-corrected chi connectivity index (χ1v) is 8.19. The zero-order valence-electron chi connectivity index (χ0n) is 12.1. The van der Waals surface area contributed by atoms with E-state index in [9.17, 15) is 0 Å². The lowest BCUT2D eigenvalue weighted by Gasteiger charge is -2.34. The molecule has 1 atom stereocenters. The molecule has 1 unspecified atom stereocenters. The van der Waals surface area contributed by atoms with Crippen molar-refractivity contribution in [3.63, 3.8) is 0 Å².